The highest BCUT2D eigenvalue weighted by molar-refractivity contribution is 5.78. The highest BCUT2D eigenvalue weighted by atomic mass is 16.1. The van der Waals surface area contributed by atoms with E-state index in [1.54, 1.807) is 6.20 Å². The summed E-state index contributed by atoms with van der Waals surface area (Å²) in [7, 11) is 0. The molecule has 1 N–H and O–H groups in total. The number of rotatable bonds is 5. The van der Waals surface area contributed by atoms with Crippen LogP contribution in [0, 0.1) is 11.3 Å². The molecule has 1 rings (SSSR count). The second-order valence-electron chi connectivity index (χ2n) is 4.59. The van der Waals surface area contributed by atoms with Gasteiger partial charge in [0.15, 0.2) is 0 Å². The first-order valence-electron chi connectivity index (χ1n) is 5.61. The van der Waals surface area contributed by atoms with Crippen molar-refractivity contribution in [3.8, 4) is 6.07 Å². The SMILES string of the molecule is CC(C)(CCc1ccccn1)NC(=O)CC#N. The van der Waals surface area contributed by atoms with E-state index in [0.717, 1.165) is 18.5 Å². The van der Waals surface area contributed by atoms with Crippen molar-refractivity contribution in [2.45, 2.75) is 38.6 Å². The number of carbonyl (C=O) groups excluding carboxylic acids is 1. The Morgan fingerprint density at radius 1 is 1.53 bits per heavy atom. The molecule has 0 unspecified atom stereocenters. The van der Waals surface area contributed by atoms with Crippen molar-refractivity contribution in [1.29, 1.82) is 5.26 Å². The van der Waals surface area contributed by atoms with Gasteiger partial charge < -0.3 is 5.32 Å². The monoisotopic (exact) mass is 231 g/mol. The third kappa shape index (κ3) is 5.12. The van der Waals surface area contributed by atoms with Gasteiger partial charge >= 0.3 is 0 Å². The number of nitriles is 1. The quantitative estimate of drug-likeness (QED) is 0.840. The van der Waals surface area contributed by atoms with Gasteiger partial charge in [-0.15, -0.1) is 0 Å². The largest absolute Gasteiger partial charge is 0.350 e. The van der Waals surface area contributed by atoms with Crippen molar-refractivity contribution in [1.82, 2.24) is 10.3 Å². The van der Waals surface area contributed by atoms with Crippen LogP contribution in [0.2, 0.25) is 0 Å². The first kappa shape index (κ1) is 13.2. The summed E-state index contributed by atoms with van der Waals surface area (Å²) in [5, 5.41) is 11.3. The van der Waals surface area contributed by atoms with Crippen LogP contribution in [0.25, 0.3) is 0 Å². The molecule has 1 aromatic rings. The number of hydrogen-bond donors (Lipinski definition) is 1. The van der Waals surface area contributed by atoms with Gasteiger partial charge in [-0.2, -0.15) is 5.26 Å². The number of amides is 1. The van der Waals surface area contributed by atoms with Crippen LogP contribution in [0.3, 0.4) is 0 Å². The van der Waals surface area contributed by atoms with E-state index in [1.807, 2.05) is 38.1 Å². The summed E-state index contributed by atoms with van der Waals surface area (Å²) in [6, 6.07) is 7.63. The Balaban J connectivity index is 2.45. The average molecular weight is 231 g/mol. The molecule has 1 heterocycles. The van der Waals surface area contributed by atoms with Crippen LogP contribution in [0.15, 0.2) is 24.4 Å². The fourth-order valence-electron chi connectivity index (χ4n) is 1.54. The summed E-state index contributed by atoms with van der Waals surface area (Å²) in [4.78, 5) is 15.6. The second kappa shape index (κ2) is 6.00. The van der Waals surface area contributed by atoms with Crippen LogP contribution < -0.4 is 5.32 Å². The lowest BCUT2D eigenvalue weighted by Gasteiger charge is -2.25. The number of nitrogens with zero attached hydrogens (tertiary/aromatic N) is 2. The van der Waals surface area contributed by atoms with Gasteiger partial charge in [-0.3, -0.25) is 9.78 Å². The van der Waals surface area contributed by atoms with Gasteiger partial charge in [0.25, 0.3) is 0 Å². The van der Waals surface area contributed by atoms with Gasteiger partial charge in [0.05, 0.1) is 6.07 Å². The van der Waals surface area contributed by atoms with Crippen LogP contribution in [0.5, 0.6) is 0 Å². The molecule has 0 aliphatic carbocycles. The molecule has 0 saturated heterocycles. The Bertz CT molecular complexity index is 406. The second-order valence-corrected chi connectivity index (χ2v) is 4.59. The van der Waals surface area contributed by atoms with Crippen molar-refractivity contribution in [2.75, 3.05) is 0 Å². The minimum Gasteiger partial charge on any atom is -0.350 e. The summed E-state index contributed by atoms with van der Waals surface area (Å²) in [5.74, 6) is -0.224. The molecular weight excluding hydrogens is 214 g/mol. The normalized spacial score (nSPS) is 10.6. The molecule has 17 heavy (non-hydrogen) atoms. The summed E-state index contributed by atoms with van der Waals surface area (Å²) < 4.78 is 0. The third-order valence-electron chi connectivity index (χ3n) is 2.45. The highest BCUT2D eigenvalue weighted by Gasteiger charge is 2.19. The smallest absolute Gasteiger partial charge is 0.234 e. The lowest BCUT2D eigenvalue weighted by atomic mass is 9.97. The Morgan fingerprint density at radius 2 is 2.29 bits per heavy atom. The topological polar surface area (TPSA) is 65.8 Å². The van der Waals surface area contributed by atoms with Crippen LogP contribution in [-0.4, -0.2) is 16.4 Å². The standard InChI is InChI=1S/C13H17N3O/c1-13(2,16-12(17)7-9-14)8-6-11-5-3-4-10-15-11/h3-5,10H,6-8H2,1-2H3,(H,16,17). The third-order valence-corrected chi connectivity index (χ3v) is 2.45. The van der Waals surface area contributed by atoms with Crippen LogP contribution in [-0.2, 0) is 11.2 Å². The van der Waals surface area contributed by atoms with Crippen molar-refractivity contribution >= 4 is 5.91 Å². The van der Waals surface area contributed by atoms with E-state index in [2.05, 4.69) is 10.3 Å². The number of pyridine rings is 1. The van der Waals surface area contributed by atoms with Crippen molar-refractivity contribution in [3.05, 3.63) is 30.1 Å². The predicted octanol–water partition coefficient (Wildman–Crippen LogP) is 1.82. The van der Waals surface area contributed by atoms with E-state index in [1.165, 1.54) is 0 Å². The molecule has 0 spiro atoms. The molecular formula is C13H17N3O. The Kier molecular flexibility index (Phi) is 4.65. The summed E-state index contributed by atoms with van der Waals surface area (Å²) in [6.45, 7) is 3.90. The van der Waals surface area contributed by atoms with Crippen molar-refractivity contribution in [3.63, 3.8) is 0 Å². The summed E-state index contributed by atoms with van der Waals surface area (Å²) in [6.07, 6.45) is 3.27. The summed E-state index contributed by atoms with van der Waals surface area (Å²) >= 11 is 0. The van der Waals surface area contributed by atoms with Crippen molar-refractivity contribution < 1.29 is 4.79 Å². The molecule has 4 heteroatoms. The van der Waals surface area contributed by atoms with Crippen LogP contribution >= 0.6 is 0 Å². The minimum absolute atomic E-state index is 0.0903. The van der Waals surface area contributed by atoms with E-state index in [9.17, 15) is 4.79 Å². The molecule has 0 aliphatic rings. The van der Waals surface area contributed by atoms with Gasteiger partial charge in [-0.05, 0) is 38.8 Å². The fourth-order valence-corrected chi connectivity index (χ4v) is 1.54. The number of aryl methyl sites for hydroxylation is 1. The first-order valence-corrected chi connectivity index (χ1v) is 5.61. The maximum Gasteiger partial charge on any atom is 0.234 e. The van der Waals surface area contributed by atoms with E-state index in [-0.39, 0.29) is 17.9 Å². The van der Waals surface area contributed by atoms with E-state index >= 15 is 0 Å². The molecule has 0 bridgehead atoms. The highest BCUT2D eigenvalue weighted by Crippen LogP contribution is 2.12. The maximum atomic E-state index is 11.3. The Morgan fingerprint density at radius 3 is 2.88 bits per heavy atom. The van der Waals surface area contributed by atoms with E-state index in [0.29, 0.717) is 0 Å². The molecule has 90 valence electrons. The summed E-state index contributed by atoms with van der Waals surface area (Å²) in [5.41, 5.74) is 0.695. The Labute approximate surface area is 102 Å². The molecule has 0 fully saturated rings. The van der Waals surface area contributed by atoms with Gasteiger partial charge in [0, 0.05) is 17.4 Å². The molecule has 4 nitrogen and oxygen atoms in total. The minimum atomic E-state index is -0.314. The van der Waals surface area contributed by atoms with Crippen molar-refractivity contribution in [2.24, 2.45) is 0 Å². The number of carbonyl (C=O) groups is 1. The van der Waals surface area contributed by atoms with Crippen LogP contribution in [0.1, 0.15) is 32.4 Å². The zero-order valence-corrected chi connectivity index (χ0v) is 10.2. The molecule has 1 amide bonds. The molecule has 0 radical (unpaired) electrons. The zero-order valence-electron chi connectivity index (χ0n) is 10.2. The van der Waals surface area contributed by atoms with Gasteiger partial charge in [0.2, 0.25) is 5.91 Å². The van der Waals surface area contributed by atoms with Gasteiger partial charge in [-0.25, -0.2) is 0 Å². The Hall–Kier alpha value is -1.89. The van der Waals surface area contributed by atoms with E-state index in [4.69, 9.17) is 5.26 Å². The lowest BCUT2D eigenvalue weighted by molar-refractivity contribution is -0.121. The van der Waals surface area contributed by atoms with Gasteiger partial charge in [-0.1, -0.05) is 6.07 Å². The molecule has 0 atom stereocenters. The molecule has 1 aromatic heterocycles. The predicted molar refractivity (Wildman–Crippen MR) is 65.0 cm³/mol. The fraction of sp³-hybridized carbons (Fsp3) is 0.462. The first-order chi connectivity index (χ1) is 8.03. The number of aromatic nitrogens is 1. The average Bonchev–Trinajstić information content (AvgIpc) is 2.27. The number of nitrogens with one attached hydrogen (secondary N) is 1. The van der Waals surface area contributed by atoms with Gasteiger partial charge in [0.1, 0.15) is 6.42 Å². The van der Waals surface area contributed by atoms with E-state index < -0.39 is 0 Å². The van der Waals surface area contributed by atoms with Crippen LogP contribution in [0.4, 0.5) is 0 Å². The number of hydrogen-bond acceptors (Lipinski definition) is 3. The molecule has 0 aliphatic heterocycles. The lowest BCUT2D eigenvalue weighted by Crippen LogP contribution is -2.43. The molecule has 0 aromatic carbocycles. The molecule has 0 saturated carbocycles. The zero-order chi connectivity index (χ0) is 12.7. The maximum absolute atomic E-state index is 11.3.